The molecule has 356 valence electrons. The summed E-state index contributed by atoms with van der Waals surface area (Å²) in [5.41, 5.74) is 0. The highest BCUT2D eigenvalue weighted by Gasteiger charge is 2.20. The van der Waals surface area contributed by atoms with Crippen LogP contribution in [0.25, 0.3) is 0 Å². The number of hydrogen-bond acceptors (Lipinski definition) is 9. The molecule has 0 fully saturated rings. The fraction of sp³-hybridized carbons (Fsp3) is 0.941. The summed E-state index contributed by atoms with van der Waals surface area (Å²) >= 11 is 4.79. The van der Waals surface area contributed by atoms with Crippen molar-refractivity contribution in [2.24, 2.45) is 0 Å². The smallest absolute Gasteiger partial charge is 0.316 e. The molecule has 0 N–H and O–H groups in total. The van der Waals surface area contributed by atoms with Crippen molar-refractivity contribution in [1.29, 1.82) is 0 Å². The lowest BCUT2D eigenvalue weighted by Gasteiger charge is -2.18. The first kappa shape index (κ1) is 59.5. The van der Waals surface area contributed by atoms with Gasteiger partial charge in [-0.25, -0.2) is 0 Å². The van der Waals surface area contributed by atoms with Crippen molar-refractivity contribution >= 4 is 53.2 Å². The van der Waals surface area contributed by atoms with Crippen LogP contribution < -0.4 is 0 Å². The van der Waals surface area contributed by atoms with Crippen molar-refractivity contribution in [3.63, 3.8) is 0 Å². The second-order valence-electron chi connectivity index (χ2n) is 17.3. The zero-order chi connectivity index (χ0) is 43.7. The summed E-state index contributed by atoms with van der Waals surface area (Å²) in [5, 5.41) is 0. The van der Waals surface area contributed by atoms with Crippen molar-refractivity contribution in [2.45, 2.75) is 258 Å². The van der Waals surface area contributed by atoms with E-state index in [1.807, 2.05) is 0 Å². The fourth-order valence-corrected chi connectivity index (χ4v) is 9.79. The molecule has 0 unspecified atom stereocenters. The standard InChI is InChI=1S/C51H98O6S3/c1-4-7-10-13-16-19-22-25-28-31-34-37-40-58-45-49(52)55-43-48(57-51(54)47-60-42-39-36-33-30-27-24-21-18-15-12-9-6-3)44-56-50(53)46-59-41-38-35-32-29-26-23-20-17-14-11-8-5-2/h48H,4-47H2,1-3H3. The van der Waals surface area contributed by atoms with Gasteiger partial charge in [-0.3, -0.25) is 14.4 Å². The molecule has 0 aliphatic heterocycles. The summed E-state index contributed by atoms with van der Waals surface area (Å²) in [6, 6.07) is 0. The van der Waals surface area contributed by atoms with Crippen LogP contribution in [0.5, 0.6) is 0 Å². The molecule has 0 heterocycles. The van der Waals surface area contributed by atoms with Gasteiger partial charge in [0.1, 0.15) is 13.2 Å². The first-order valence-electron chi connectivity index (χ1n) is 25.8. The topological polar surface area (TPSA) is 78.9 Å². The SMILES string of the molecule is CCCCCCCCCCCCCCSCC(=O)OCC(COC(=O)CSCCCCCCCCCCCCCC)OC(=O)CSCCCCCCCCCCCCCC. The Bertz CT molecular complexity index is 858. The third-order valence-corrected chi connectivity index (χ3v) is 14.3. The first-order chi connectivity index (χ1) is 29.5. The molecule has 0 saturated heterocycles. The molecule has 60 heavy (non-hydrogen) atoms. The highest BCUT2D eigenvalue weighted by molar-refractivity contribution is 8.00. The summed E-state index contributed by atoms with van der Waals surface area (Å²) in [4.78, 5) is 37.9. The number of unbranched alkanes of at least 4 members (excludes halogenated alkanes) is 33. The lowest BCUT2D eigenvalue weighted by Crippen LogP contribution is -2.32. The Morgan fingerprint density at radius 3 is 0.783 bits per heavy atom. The van der Waals surface area contributed by atoms with Crippen molar-refractivity contribution in [1.82, 2.24) is 0 Å². The van der Waals surface area contributed by atoms with E-state index in [1.54, 1.807) is 35.3 Å². The van der Waals surface area contributed by atoms with E-state index >= 15 is 0 Å². The van der Waals surface area contributed by atoms with Crippen LogP contribution in [-0.4, -0.2) is 71.7 Å². The van der Waals surface area contributed by atoms with Gasteiger partial charge in [0.2, 0.25) is 0 Å². The molecule has 0 atom stereocenters. The molecule has 0 amide bonds. The third kappa shape index (κ3) is 48.5. The number of hydrogen-bond donors (Lipinski definition) is 0. The Hall–Kier alpha value is -0.540. The van der Waals surface area contributed by atoms with Crippen LogP contribution in [0.3, 0.4) is 0 Å². The van der Waals surface area contributed by atoms with Gasteiger partial charge in [-0.1, -0.05) is 233 Å². The summed E-state index contributed by atoms with van der Waals surface area (Å²) in [7, 11) is 0. The molecule has 0 aliphatic carbocycles. The monoisotopic (exact) mass is 903 g/mol. The number of carbonyl (C=O) groups is 3. The molecular formula is C51H98O6S3. The molecule has 9 heteroatoms. The zero-order valence-corrected chi connectivity index (χ0v) is 42.3. The van der Waals surface area contributed by atoms with Gasteiger partial charge in [0.25, 0.3) is 0 Å². The Morgan fingerprint density at radius 2 is 0.533 bits per heavy atom. The van der Waals surface area contributed by atoms with Crippen molar-refractivity contribution < 1.29 is 28.6 Å². The van der Waals surface area contributed by atoms with Gasteiger partial charge in [-0.2, -0.15) is 35.3 Å². The Labute approximate surface area is 385 Å². The number of carbonyl (C=O) groups excluding carboxylic acids is 3. The number of esters is 3. The van der Waals surface area contributed by atoms with Crippen molar-refractivity contribution in [3.05, 3.63) is 0 Å². The predicted molar refractivity (Wildman–Crippen MR) is 267 cm³/mol. The van der Waals surface area contributed by atoms with Crippen LogP contribution >= 0.6 is 35.3 Å². The molecule has 0 radical (unpaired) electrons. The summed E-state index contributed by atoms with van der Waals surface area (Å²) in [5.74, 6) is 2.64. The van der Waals surface area contributed by atoms with Gasteiger partial charge < -0.3 is 14.2 Å². The molecule has 0 aromatic rings. The van der Waals surface area contributed by atoms with Gasteiger partial charge in [0.15, 0.2) is 6.10 Å². The van der Waals surface area contributed by atoms with E-state index in [2.05, 4.69) is 20.8 Å². The molecule has 0 bridgehead atoms. The summed E-state index contributed by atoms with van der Waals surface area (Å²) in [6.07, 6.45) is 46.6. The van der Waals surface area contributed by atoms with Crippen molar-refractivity contribution in [3.8, 4) is 0 Å². The minimum Gasteiger partial charge on any atom is -0.461 e. The quantitative estimate of drug-likeness (QED) is 0.0337. The maximum atomic E-state index is 12.8. The van der Waals surface area contributed by atoms with Crippen LogP contribution in [0.2, 0.25) is 0 Å². The van der Waals surface area contributed by atoms with Crippen LogP contribution in [0.15, 0.2) is 0 Å². The lowest BCUT2D eigenvalue weighted by atomic mass is 10.1. The van der Waals surface area contributed by atoms with E-state index in [1.165, 1.54) is 212 Å². The van der Waals surface area contributed by atoms with Crippen LogP contribution in [0, 0.1) is 0 Å². The van der Waals surface area contributed by atoms with Crippen molar-refractivity contribution in [2.75, 3.05) is 47.7 Å². The molecule has 6 nitrogen and oxygen atoms in total. The first-order valence-corrected chi connectivity index (χ1v) is 29.2. The minimum absolute atomic E-state index is 0.0908. The molecule has 0 aliphatic rings. The average molecular weight is 904 g/mol. The number of rotatable bonds is 50. The van der Waals surface area contributed by atoms with Crippen LogP contribution in [0.1, 0.15) is 252 Å². The molecule has 0 saturated carbocycles. The Kier molecular flexibility index (Phi) is 50.6. The zero-order valence-electron chi connectivity index (χ0n) is 39.9. The average Bonchev–Trinajstić information content (AvgIpc) is 3.24. The normalized spacial score (nSPS) is 11.4. The molecule has 0 aromatic heterocycles. The van der Waals surface area contributed by atoms with Gasteiger partial charge in [0.05, 0.1) is 17.3 Å². The minimum atomic E-state index is -0.791. The third-order valence-electron chi connectivity index (χ3n) is 11.2. The molecule has 0 aromatic carbocycles. The molecular weight excluding hydrogens is 805 g/mol. The fourth-order valence-electron chi connectivity index (χ4n) is 7.39. The Balaban J connectivity index is 4.30. The van der Waals surface area contributed by atoms with Gasteiger partial charge in [-0.15, -0.1) is 0 Å². The summed E-state index contributed by atoms with van der Waals surface area (Å²) in [6.45, 7) is 6.62. The number of thioether (sulfide) groups is 3. The highest BCUT2D eigenvalue weighted by Crippen LogP contribution is 2.17. The maximum Gasteiger partial charge on any atom is 0.316 e. The van der Waals surface area contributed by atoms with Gasteiger partial charge in [0, 0.05) is 0 Å². The maximum absolute atomic E-state index is 12.8. The predicted octanol–water partition coefficient (Wildman–Crippen LogP) is 16.3. The van der Waals surface area contributed by atoms with E-state index in [9.17, 15) is 14.4 Å². The second kappa shape index (κ2) is 51.1. The van der Waals surface area contributed by atoms with Crippen LogP contribution in [0.4, 0.5) is 0 Å². The Morgan fingerprint density at radius 1 is 0.317 bits per heavy atom. The van der Waals surface area contributed by atoms with E-state index in [0.717, 1.165) is 36.5 Å². The largest absolute Gasteiger partial charge is 0.461 e. The van der Waals surface area contributed by atoms with E-state index < -0.39 is 6.10 Å². The lowest BCUT2D eigenvalue weighted by molar-refractivity contribution is -0.163. The summed E-state index contributed by atoms with van der Waals surface area (Å²) < 4.78 is 16.7. The van der Waals surface area contributed by atoms with E-state index in [4.69, 9.17) is 14.2 Å². The molecule has 0 rings (SSSR count). The second-order valence-corrected chi connectivity index (χ2v) is 20.6. The van der Waals surface area contributed by atoms with E-state index in [-0.39, 0.29) is 48.4 Å². The highest BCUT2D eigenvalue weighted by atomic mass is 32.2. The van der Waals surface area contributed by atoms with Gasteiger partial charge in [-0.05, 0) is 36.5 Å². The number of ether oxygens (including phenoxy) is 3. The van der Waals surface area contributed by atoms with Crippen LogP contribution in [-0.2, 0) is 28.6 Å². The molecule has 0 spiro atoms. The van der Waals surface area contributed by atoms with Gasteiger partial charge >= 0.3 is 17.9 Å². The van der Waals surface area contributed by atoms with E-state index in [0.29, 0.717) is 0 Å².